The van der Waals surface area contributed by atoms with Crippen LogP contribution in [0.4, 0.5) is 4.79 Å². The summed E-state index contributed by atoms with van der Waals surface area (Å²) < 4.78 is 6.16. The number of imide groups is 1. The van der Waals surface area contributed by atoms with E-state index in [9.17, 15) is 19.2 Å². The predicted molar refractivity (Wildman–Crippen MR) is 113 cm³/mol. The smallest absolute Gasteiger partial charge is 0.326 e. The van der Waals surface area contributed by atoms with E-state index >= 15 is 0 Å². The highest BCUT2D eigenvalue weighted by molar-refractivity contribution is 5.97. The number of amides is 3. The number of benzene rings is 2. The van der Waals surface area contributed by atoms with E-state index in [0.717, 1.165) is 15.7 Å². The summed E-state index contributed by atoms with van der Waals surface area (Å²) in [6.07, 6.45) is 0.0436. The molecule has 0 aliphatic carbocycles. The maximum Gasteiger partial charge on any atom is 0.326 e. The summed E-state index contributed by atoms with van der Waals surface area (Å²) in [6, 6.07) is 13.7. The van der Waals surface area contributed by atoms with E-state index in [2.05, 4.69) is 15.6 Å². The third-order valence-corrected chi connectivity index (χ3v) is 4.56. The topological polar surface area (TPSA) is 119 Å². The Morgan fingerprint density at radius 3 is 2.58 bits per heavy atom. The lowest BCUT2D eigenvalue weighted by Crippen LogP contribution is -2.44. The van der Waals surface area contributed by atoms with Gasteiger partial charge in [-0.1, -0.05) is 42.5 Å². The molecule has 9 heteroatoms. The van der Waals surface area contributed by atoms with E-state index in [1.54, 1.807) is 12.1 Å². The molecule has 0 bridgehead atoms. The first-order chi connectivity index (χ1) is 14.8. The van der Waals surface area contributed by atoms with Crippen molar-refractivity contribution in [1.82, 2.24) is 20.2 Å². The highest BCUT2D eigenvalue weighted by Crippen LogP contribution is 2.11. The van der Waals surface area contributed by atoms with Crippen LogP contribution < -0.4 is 16.2 Å². The number of fused-ring (bicyclic) bond motifs is 1. The summed E-state index contributed by atoms with van der Waals surface area (Å²) >= 11 is 0. The van der Waals surface area contributed by atoms with Crippen LogP contribution in [-0.2, 0) is 27.4 Å². The van der Waals surface area contributed by atoms with Gasteiger partial charge < -0.3 is 10.1 Å². The number of urea groups is 1. The number of hydrogen-bond donors (Lipinski definition) is 2. The second kappa shape index (κ2) is 9.66. The van der Waals surface area contributed by atoms with Crippen molar-refractivity contribution in [1.29, 1.82) is 0 Å². The monoisotopic (exact) mass is 422 g/mol. The quantitative estimate of drug-likeness (QED) is 0.583. The Morgan fingerprint density at radius 2 is 1.84 bits per heavy atom. The molecule has 0 aliphatic heterocycles. The molecule has 3 rings (SSSR count). The maximum atomic E-state index is 12.6. The number of esters is 1. The van der Waals surface area contributed by atoms with Crippen molar-refractivity contribution in [3.8, 4) is 0 Å². The Balaban J connectivity index is 1.53. The molecule has 0 fully saturated rings. The standard InChI is InChI=1S/C22H22N4O5/c1-14-7-6-10-17-19(14)24-13-26(21(17)29)12-18(27)31-15(2)20(28)25-22(30)23-11-16-8-4-3-5-9-16/h3-10,13,15H,11-12H2,1-2H3,(H2,23,25,28,30). The van der Waals surface area contributed by atoms with Gasteiger partial charge in [-0.15, -0.1) is 0 Å². The van der Waals surface area contributed by atoms with Crippen LogP contribution in [-0.4, -0.2) is 33.6 Å². The Labute approximate surface area is 178 Å². The first-order valence-electron chi connectivity index (χ1n) is 9.62. The maximum absolute atomic E-state index is 12.6. The highest BCUT2D eigenvalue weighted by atomic mass is 16.5. The van der Waals surface area contributed by atoms with Gasteiger partial charge in [0.25, 0.3) is 11.5 Å². The van der Waals surface area contributed by atoms with Gasteiger partial charge in [-0.25, -0.2) is 9.78 Å². The first-order valence-corrected chi connectivity index (χ1v) is 9.62. The minimum absolute atomic E-state index is 0.242. The van der Waals surface area contributed by atoms with Crippen LogP contribution in [0.5, 0.6) is 0 Å². The van der Waals surface area contributed by atoms with Crippen LogP contribution in [0.2, 0.25) is 0 Å². The van der Waals surface area contributed by atoms with Gasteiger partial charge in [0.1, 0.15) is 6.54 Å². The number of aryl methyl sites for hydroxylation is 1. The largest absolute Gasteiger partial charge is 0.451 e. The second-order valence-electron chi connectivity index (χ2n) is 6.94. The average Bonchev–Trinajstić information content (AvgIpc) is 2.75. The van der Waals surface area contributed by atoms with Gasteiger partial charge in [0.2, 0.25) is 0 Å². The molecule has 3 amide bonds. The van der Waals surface area contributed by atoms with Crippen molar-refractivity contribution in [3.63, 3.8) is 0 Å². The van der Waals surface area contributed by atoms with Gasteiger partial charge in [-0.2, -0.15) is 0 Å². The molecule has 0 saturated heterocycles. The molecule has 160 valence electrons. The first kappa shape index (κ1) is 21.7. The van der Waals surface area contributed by atoms with Crippen molar-refractivity contribution >= 4 is 28.8 Å². The molecule has 31 heavy (non-hydrogen) atoms. The molecule has 2 N–H and O–H groups in total. The number of carbonyl (C=O) groups is 3. The summed E-state index contributed by atoms with van der Waals surface area (Å²) in [7, 11) is 0. The van der Waals surface area contributed by atoms with E-state index in [1.807, 2.05) is 43.3 Å². The third-order valence-electron chi connectivity index (χ3n) is 4.56. The number of hydrogen-bond acceptors (Lipinski definition) is 6. The van der Waals surface area contributed by atoms with Crippen molar-refractivity contribution in [2.24, 2.45) is 0 Å². The number of aromatic nitrogens is 2. The van der Waals surface area contributed by atoms with E-state index < -0.39 is 30.6 Å². The lowest BCUT2D eigenvalue weighted by molar-refractivity contribution is -0.155. The Kier molecular flexibility index (Phi) is 6.76. The van der Waals surface area contributed by atoms with Gasteiger partial charge in [-0.05, 0) is 31.0 Å². The Hall–Kier alpha value is -4.01. The summed E-state index contributed by atoms with van der Waals surface area (Å²) in [5.74, 6) is -1.58. The van der Waals surface area contributed by atoms with Gasteiger partial charge in [-0.3, -0.25) is 24.3 Å². The third kappa shape index (κ3) is 5.53. The minimum atomic E-state index is -1.22. The van der Waals surface area contributed by atoms with Crippen molar-refractivity contribution in [3.05, 3.63) is 76.3 Å². The Bertz CT molecular complexity index is 1170. The number of nitrogens with one attached hydrogen (secondary N) is 2. The molecule has 2 aromatic carbocycles. The molecule has 3 aromatic rings. The van der Waals surface area contributed by atoms with Gasteiger partial charge >= 0.3 is 12.0 Å². The van der Waals surface area contributed by atoms with E-state index in [1.165, 1.54) is 13.3 Å². The molecule has 0 radical (unpaired) electrons. The number of carbonyl (C=O) groups excluding carboxylic acids is 3. The molecule has 1 unspecified atom stereocenters. The fraction of sp³-hybridized carbons (Fsp3) is 0.227. The molecule has 1 aromatic heterocycles. The summed E-state index contributed by atoms with van der Waals surface area (Å²) in [5.41, 5.74) is 1.89. The van der Waals surface area contributed by atoms with E-state index in [0.29, 0.717) is 10.9 Å². The number of ether oxygens (including phenoxy) is 1. The molecular weight excluding hydrogens is 400 g/mol. The normalized spacial score (nSPS) is 11.5. The zero-order chi connectivity index (χ0) is 22.4. The van der Waals surface area contributed by atoms with Crippen LogP contribution >= 0.6 is 0 Å². The van der Waals surface area contributed by atoms with E-state index in [-0.39, 0.29) is 12.1 Å². The number of nitrogens with zero attached hydrogens (tertiary/aromatic N) is 2. The summed E-state index contributed by atoms with van der Waals surface area (Å²) in [4.78, 5) is 52.9. The zero-order valence-corrected chi connectivity index (χ0v) is 17.1. The SMILES string of the molecule is Cc1cccc2c(=O)n(CC(=O)OC(C)C(=O)NC(=O)NCc3ccccc3)cnc12. The molecule has 1 atom stereocenters. The summed E-state index contributed by atoms with van der Waals surface area (Å²) in [6.45, 7) is 3.01. The predicted octanol–water partition coefficient (Wildman–Crippen LogP) is 1.66. The van der Waals surface area contributed by atoms with Crippen LogP contribution in [0.25, 0.3) is 10.9 Å². The molecule has 9 nitrogen and oxygen atoms in total. The summed E-state index contributed by atoms with van der Waals surface area (Å²) in [5, 5.41) is 5.04. The van der Waals surface area contributed by atoms with E-state index in [4.69, 9.17) is 4.74 Å². The number of rotatable bonds is 6. The fourth-order valence-corrected chi connectivity index (χ4v) is 2.91. The number of para-hydroxylation sites is 1. The van der Waals surface area contributed by atoms with Crippen LogP contribution in [0, 0.1) is 6.92 Å². The highest BCUT2D eigenvalue weighted by Gasteiger charge is 2.20. The van der Waals surface area contributed by atoms with Gasteiger partial charge in [0.05, 0.1) is 17.2 Å². The molecular formula is C22H22N4O5. The minimum Gasteiger partial charge on any atom is -0.451 e. The average molecular weight is 422 g/mol. The molecule has 1 heterocycles. The van der Waals surface area contributed by atoms with Crippen LogP contribution in [0.1, 0.15) is 18.1 Å². The van der Waals surface area contributed by atoms with Gasteiger partial charge in [0, 0.05) is 6.54 Å². The van der Waals surface area contributed by atoms with Crippen molar-refractivity contribution in [2.75, 3.05) is 0 Å². The van der Waals surface area contributed by atoms with Crippen LogP contribution in [0.15, 0.2) is 59.7 Å². The molecule has 0 saturated carbocycles. The van der Waals surface area contributed by atoms with Crippen molar-refractivity contribution < 1.29 is 19.1 Å². The fourth-order valence-electron chi connectivity index (χ4n) is 2.91. The lowest BCUT2D eigenvalue weighted by Gasteiger charge is -2.14. The molecule has 0 spiro atoms. The molecule has 0 aliphatic rings. The zero-order valence-electron chi connectivity index (χ0n) is 17.1. The van der Waals surface area contributed by atoms with Crippen LogP contribution in [0.3, 0.4) is 0 Å². The van der Waals surface area contributed by atoms with Gasteiger partial charge in [0.15, 0.2) is 6.10 Å². The lowest BCUT2D eigenvalue weighted by atomic mass is 10.1. The van der Waals surface area contributed by atoms with Crippen molar-refractivity contribution in [2.45, 2.75) is 33.0 Å². The Morgan fingerprint density at radius 1 is 1.10 bits per heavy atom. The second-order valence-corrected chi connectivity index (χ2v) is 6.94.